The summed E-state index contributed by atoms with van der Waals surface area (Å²) in [5.74, 6) is 0.128. The van der Waals surface area contributed by atoms with Gasteiger partial charge in [0.25, 0.3) is 0 Å². The van der Waals surface area contributed by atoms with E-state index in [0.29, 0.717) is 29.4 Å². The Labute approximate surface area is 163 Å². The number of hydrogen-bond acceptors (Lipinski definition) is 5. The van der Waals surface area contributed by atoms with Crippen molar-refractivity contribution >= 4 is 17.9 Å². The van der Waals surface area contributed by atoms with E-state index < -0.39 is 5.97 Å². The van der Waals surface area contributed by atoms with Crippen LogP contribution in [0.1, 0.15) is 21.5 Å². The van der Waals surface area contributed by atoms with Crippen molar-refractivity contribution in [3.05, 3.63) is 89.5 Å². The molecule has 6 heteroatoms. The van der Waals surface area contributed by atoms with Crippen LogP contribution in [0, 0.1) is 0 Å². The van der Waals surface area contributed by atoms with Gasteiger partial charge in [-0.15, -0.1) is 0 Å². The summed E-state index contributed by atoms with van der Waals surface area (Å²) >= 11 is 0. The van der Waals surface area contributed by atoms with E-state index in [9.17, 15) is 9.90 Å². The predicted molar refractivity (Wildman–Crippen MR) is 108 cm³/mol. The molecule has 142 valence electrons. The van der Waals surface area contributed by atoms with Crippen LogP contribution >= 0.6 is 0 Å². The largest absolute Gasteiger partial charge is 0.493 e. The van der Waals surface area contributed by atoms with Crippen LogP contribution in [0.15, 0.2) is 77.9 Å². The first-order chi connectivity index (χ1) is 13.7. The molecule has 0 aliphatic carbocycles. The maximum atomic E-state index is 11.3. The highest BCUT2D eigenvalue weighted by molar-refractivity contribution is 5.94. The van der Waals surface area contributed by atoms with Gasteiger partial charge in [0.1, 0.15) is 6.61 Å². The Morgan fingerprint density at radius 2 is 1.79 bits per heavy atom. The van der Waals surface area contributed by atoms with E-state index in [0.717, 1.165) is 5.56 Å². The van der Waals surface area contributed by atoms with E-state index in [1.165, 1.54) is 6.07 Å². The molecule has 0 amide bonds. The first kappa shape index (κ1) is 19.0. The number of hydrazone groups is 1. The number of ether oxygens (including phenoxy) is 2. The quantitative estimate of drug-likeness (QED) is 0.449. The molecule has 3 rings (SSSR count). The van der Waals surface area contributed by atoms with Gasteiger partial charge in [0.15, 0.2) is 11.5 Å². The molecule has 0 saturated carbocycles. The molecule has 0 spiro atoms. The maximum absolute atomic E-state index is 11.3. The topological polar surface area (TPSA) is 80.2 Å². The van der Waals surface area contributed by atoms with Gasteiger partial charge >= 0.3 is 5.97 Å². The number of carboxylic acids is 1. The molecule has 0 radical (unpaired) electrons. The molecule has 0 heterocycles. The fraction of sp³-hybridized carbons (Fsp3) is 0.0909. The predicted octanol–water partition coefficient (Wildman–Crippen LogP) is 4.42. The van der Waals surface area contributed by atoms with E-state index >= 15 is 0 Å². The lowest BCUT2D eigenvalue weighted by Crippen LogP contribution is -2.03. The Hall–Kier alpha value is -3.80. The smallest absolute Gasteiger partial charge is 0.337 e. The van der Waals surface area contributed by atoms with Crippen LogP contribution in [0.3, 0.4) is 0 Å². The van der Waals surface area contributed by atoms with Gasteiger partial charge in [-0.1, -0.05) is 48.5 Å². The zero-order valence-corrected chi connectivity index (χ0v) is 15.3. The van der Waals surface area contributed by atoms with Gasteiger partial charge in [0.2, 0.25) is 0 Å². The highest BCUT2D eigenvalue weighted by Crippen LogP contribution is 2.31. The average molecular weight is 376 g/mol. The summed E-state index contributed by atoms with van der Waals surface area (Å²) in [5, 5.41) is 13.4. The number of benzene rings is 3. The van der Waals surface area contributed by atoms with Crippen molar-refractivity contribution in [2.45, 2.75) is 6.61 Å². The van der Waals surface area contributed by atoms with Crippen molar-refractivity contribution in [3.8, 4) is 11.5 Å². The number of carbonyl (C=O) groups is 1. The Morgan fingerprint density at radius 1 is 1.04 bits per heavy atom. The summed E-state index contributed by atoms with van der Waals surface area (Å²) < 4.78 is 11.4. The molecule has 0 bridgehead atoms. The zero-order chi connectivity index (χ0) is 19.8. The Balaban J connectivity index is 1.80. The molecule has 0 saturated heterocycles. The van der Waals surface area contributed by atoms with E-state index in [1.54, 1.807) is 31.5 Å². The van der Waals surface area contributed by atoms with Gasteiger partial charge < -0.3 is 14.6 Å². The lowest BCUT2D eigenvalue weighted by molar-refractivity contribution is 0.0698. The average Bonchev–Trinajstić information content (AvgIpc) is 2.73. The minimum Gasteiger partial charge on any atom is -0.493 e. The van der Waals surface area contributed by atoms with Crippen molar-refractivity contribution in [3.63, 3.8) is 0 Å². The van der Waals surface area contributed by atoms with E-state index in [2.05, 4.69) is 10.5 Å². The van der Waals surface area contributed by atoms with Crippen molar-refractivity contribution < 1.29 is 19.4 Å². The summed E-state index contributed by atoms with van der Waals surface area (Å²) in [6.45, 7) is 0.386. The number of anilines is 1. The number of hydrogen-bond donors (Lipinski definition) is 2. The molecule has 0 fully saturated rings. The third-order valence-corrected chi connectivity index (χ3v) is 4.00. The fourth-order valence-corrected chi connectivity index (χ4v) is 2.62. The van der Waals surface area contributed by atoms with Crippen LogP contribution in [-0.2, 0) is 6.61 Å². The van der Waals surface area contributed by atoms with Crippen molar-refractivity contribution in [1.82, 2.24) is 0 Å². The first-order valence-corrected chi connectivity index (χ1v) is 8.64. The molecule has 0 atom stereocenters. The van der Waals surface area contributed by atoms with Crippen molar-refractivity contribution in [1.29, 1.82) is 0 Å². The van der Waals surface area contributed by atoms with Gasteiger partial charge in [-0.25, -0.2) is 4.79 Å². The highest BCUT2D eigenvalue weighted by Gasteiger charge is 2.11. The molecule has 6 nitrogen and oxygen atoms in total. The van der Waals surface area contributed by atoms with Gasteiger partial charge in [-0.3, -0.25) is 5.43 Å². The molecular weight excluding hydrogens is 356 g/mol. The van der Waals surface area contributed by atoms with Crippen LogP contribution < -0.4 is 14.9 Å². The van der Waals surface area contributed by atoms with Gasteiger partial charge in [-0.2, -0.15) is 5.10 Å². The van der Waals surface area contributed by atoms with Gasteiger partial charge in [-0.05, 0) is 29.8 Å². The number of aromatic carboxylic acids is 1. The SMILES string of the molecule is COc1cccc(C=NNc2ccccc2C(=O)O)c1OCc1ccccc1. The standard InChI is InChI=1S/C22H20N2O4/c1-27-20-13-7-10-17(21(20)28-15-16-8-3-2-4-9-16)14-23-24-19-12-6-5-11-18(19)22(25)26/h2-14,24H,15H2,1H3,(H,25,26). The van der Waals surface area contributed by atoms with Crippen molar-refractivity contribution in [2.24, 2.45) is 5.10 Å². The molecule has 3 aromatic rings. The number of nitrogens with zero attached hydrogens (tertiary/aromatic N) is 1. The van der Waals surface area contributed by atoms with Gasteiger partial charge in [0, 0.05) is 5.56 Å². The lowest BCUT2D eigenvalue weighted by Gasteiger charge is -2.13. The normalized spacial score (nSPS) is 10.6. The second kappa shape index (κ2) is 9.23. The molecule has 3 aromatic carbocycles. The summed E-state index contributed by atoms with van der Waals surface area (Å²) in [4.78, 5) is 11.3. The summed E-state index contributed by atoms with van der Waals surface area (Å²) in [5.41, 5.74) is 5.06. The molecule has 0 unspecified atom stereocenters. The van der Waals surface area contributed by atoms with Crippen molar-refractivity contribution in [2.75, 3.05) is 12.5 Å². The number of methoxy groups -OCH3 is 1. The molecule has 0 aliphatic heterocycles. The van der Waals surface area contributed by atoms with Crippen LogP contribution in [0.5, 0.6) is 11.5 Å². The Bertz CT molecular complexity index is 971. The lowest BCUT2D eigenvalue weighted by atomic mass is 10.2. The van der Waals surface area contributed by atoms with Crippen LogP contribution in [0.2, 0.25) is 0 Å². The number of para-hydroxylation sites is 2. The van der Waals surface area contributed by atoms with Gasteiger partial charge in [0.05, 0.1) is 24.6 Å². The molecule has 0 aromatic heterocycles. The number of nitrogens with one attached hydrogen (secondary N) is 1. The van der Waals surface area contributed by atoms with Crippen LogP contribution in [-0.4, -0.2) is 24.4 Å². The second-order valence-corrected chi connectivity index (χ2v) is 5.87. The van der Waals surface area contributed by atoms with Crippen LogP contribution in [0.4, 0.5) is 5.69 Å². The number of carboxylic acid groups (broad SMARTS) is 1. The molecular formula is C22H20N2O4. The Kier molecular flexibility index (Phi) is 6.25. The minimum atomic E-state index is -1.02. The number of rotatable bonds is 8. The monoisotopic (exact) mass is 376 g/mol. The van der Waals surface area contributed by atoms with Crippen LogP contribution in [0.25, 0.3) is 0 Å². The van der Waals surface area contributed by atoms with E-state index in [1.807, 2.05) is 48.5 Å². The van der Waals surface area contributed by atoms with E-state index in [4.69, 9.17) is 9.47 Å². The van der Waals surface area contributed by atoms with E-state index in [-0.39, 0.29) is 5.56 Å². The highest BCUT2D eigenvalue weighted by atomic mass is 16.5. The molecule has 28 heavy (non-hydrogen) atoms. The summed E-state index contributed by atoms with van der Waals surface area (Å²) in [6, 6.07) is 21.9. The third kappa shape index (κ3) is 4.67. The third-order valence-electron chi connectivity index (χ3n) is 4.00. The summed E-state index contributed by atoms with van der Waals surface area (Å²) in [7, 11) is 1.58. The molecule has 0 aliphatic rings. The first-order valence-electron chi connectivity index (χ1n) is 8.64. The zero-order valence-electron chi connectivity index (χ0n) is 15.3. The summed E-state index contributed by atoms with van der Waals surface area (Å²) in [6.07, 6.45) is 1.57. The second-order valence-electron chi connectivity index (χ2n) is 5.87. The minimum absolute atomic E-state index is 0.144. The Morgan fingerprint density at radius 3 is 2.54 bits per heavy atom. The fourth-order valence-electron chi connectivity index (χ4n) is 2.62. The molecule has 2 N–H and O–H groups in total. The maximum Gasteiger partial charge on any atom is 0.337 e.